The predicted octanol–water partition coefficient (Wildman–Crippen LogP) is 1.12. The summed E-state index contributed by atoms with van der Waals surface area (Å²) in [5.41, 5.74) is -1.50. The van der Waals surface area contributed by atoms with Gasteiger partial charge in [-0.15, -0.1) is 0 Å². The second kappa shape index (κ2) is 6.57. The first-order valence-electron chi connectivity index (χ1n) is 8.79. The molecule has 0 amide bonds. The Kier molecular flexibility index (Phi) is 4.16. The SMILES string of the molecule is O=C1OC2(c3ccc(O)cc3Oc3cc(O)c([P+](=O)[O-])c([P+](=O)[O-])c32)c2ccccc21. The van der Waals surface area contributed by atoms with Crippen LogP contribution in [0.3, 0.4) is 0 Å². The summed E-state index contributed by atoms with van der Waals surface area (Å²) in [5.74, 6) is -1.94. The Morgan fingerprint density at radius 3 is 2.29 bits per heavy atom. The smallest absolute Gasteiger partial charge is 0.357 e. The molecule has 1 spiro atoms. The van der Waals surface area contributed by atoms with Crippen LogP contribution in [0.25, 0.3) is 0 Å². The van der Waals surface area contributed by atoms with Crippen LogP contribution in [-0.2, 0) is 19.5 Å². The average Bonchev–Trinajstić information content (AvgIpc) is 3.00. The molecule has 3 aromatic rings. The molecular formula is C20H10O9P2. The van der Waals surface area contributed by atoms with Gasteiger partial charge in [-0.1, -0.05) is 27.3 Å². The predicted molar refractivity (Wildman–Crippen MR) is 103 cm³/mol. The van der Waals surface area contributed by atoms with Crippen LogP contribution >= 0.6 is 16.1 Å². The number of ether oxygens (including phenoxy) is 2. The van der Waals surface area contributed by atoms with Crippen molar-refractivity contribution < 1.29 is 43.4 Å². The van der Waals surface area contributed by atoms with Crippen molar-refractivity contribution in [3.05, 3.63) is 70.8 Å². The van der Waals surface area contributed by atoms with Crippen molar-refractivity contribution in [1.29, 1.82) is 0 Å². The normalized spacial score (nSPS) is 19.1. The molecule has 3 atom stereocenters. The lowest BCUT2D eigenvalue weighted by atomic mass is 9.77. The molecule has 0 bridgehead atoms. The van der Waals surface area contributed by atoms with E-state index in [2.05, 4.69) is 0 Å². The van der Waals surface area contributed by atoms with Crippen molar-refractivity contribution >= 4 is 32.6 Å². The molecule has 3 aromatic carbocycles. The molecule has 31 heavy (non-hydrogen) atoms. The van der Waals surface area contributed by atoms with Crippen LogP contribution in [0.2, 0.25) is 0 Å². The topological polar surface area (TPSA) is 156 Å². The second-order valence-corrected chi connectivity index (χ2v) is 8.80. The first kappa shape index (κ1) is 19.6. The van der Waals surface area contributed by atoms with Gasteiger partial charge in [0, 0.05) is 23.3 Å². The number of fused-ring (bicyclic) bond motifs is 6. The molecule has 0 aromatic heterocycles. The van der Waals surface area contributed by atoms with Crippen molar-refractivity contribution in [2.24, 2.45) is 0 Å². The fraction of sp³-hybridized carbons (Fsp3) is 0.0500. The van der Waals surface area contributed by atoms with Gasteiger partial charge in [-0.2, -0.15) is 0 Å². The van der Waals surface area contributed by atoms with Crippen LogP contribution in [0.1, 0.15) is 27.0 Å². The summed E-state index contributed by atoms with van der Waals surface area (Å²) in [5, 5.41) is 18.6. The van der Waals surface area contributed by atoms with Gasteiger partial charge in [0.25, 0.3) is 10.6 Å². The van der Waals surface area contributed by atoms with Crippen molar-refractivity contribution in [1.82, 2.24) is 0 Å². The number of aromatic hydroxyl groups is 2. The van der Waals surface area contributed by atoms with E-state index >= 15 is 0 Å². The summed E-state index contributed by atoms with van der Waals surface area (Å²) in [4.78, 5) is 36.9. The summed E-state index contributed by atoms with van der Waals surface area (Å²) < 4.78 is 35.6. The van der Waals surface area contributed by atoms with Crippen molar-refractivity contribution in [3.63, 3.8) is 0 Å². The molecule has 2 N–H and O–H groups in total. The van der Waals surface area contributed by atoms with Gasteiger partial charge in [0.2, 0.25) is 5.60 Å². The first-order valence-corrected chi connectivity index (χ1v) is 11.1. The molecular weight excluding hydrogens is 446 g/mol. The highest BCUT2D eigenvalue weighted by atomic mass is 31.1. The van der Waals surface area contributed by atoms with Gasteiger partial charge >= 0.3 is 22.0 Å². The molecule has 3 unspecified atom stereocenters. The number of hydrogen-bond acceptors (Lipinski definition) is 9. The van der Waals surface area contributed by atoms with Gasteiger partial charge in [0.15, 0.2) is 5.75 Å². The Morgan fingerprint density at radius 1 is 0.871 bits per heavy atom. The highest BCUT2D eigenvalue weighted by Gasteiger charge is 2.58. The standard InChI is InChI=1S/C20H10O9P2/c21-9-5-6-12-14(7-9)28-15-8-13(22)17(30(24)25)18(31(26)27)16(15)20(12)11-4-2-1-3-10(11)19(23)29-20/h1-8,21-22H. The summed E-state index contributed by atoms with van der Waals surface area (Å²) in [6.07, 6.45) is 0. The first-order chi connectivity index (χ1) is 14.8. The zero-order chi connectivity index (χ0) is 22.1. The number of carbonyl (C=O) groups excluding carboxylic acids is 1. The summed E-state index contributed by atoms with van der Waals surface area (Å²) >= 11 is 0. The minimum Gasteiger partial charge on any atom is -0.591 e. The fourth-order valence-electron chi connectivity index (χ4n) is 4.14. The summed E-state index contributed by atoms with van der Waals surface area (Å²) in [6.45, 7) is 0. The van der Waals surface area contributed by atoms with Gasteiger partial charge in [0.1, 0.15) is 22.8 Å². The third kappa shape index (κ3) is 2.55. The number of carbonyl (C=O) groups is 1. The highest BCUT2D eigenvalue weighted by molar-refractivity contribution is 7.53. The largest absolute Gasteiger partial charge is 0.591 e. The molecule has 11 heteroatoms. The number of phenolic OH excluding ortho intramolecular Hbond substituents is 2. The van der Waals surface area contributed by atoms with Crippen molar-refractivity contribution in [2.75, 3.05) is 0 Å². The monoisotopic (exact) mass is 456 g/mol. The molecule has 154 valence electrons. The third-order valence-electron chi connectivity index (χ3n) is 5.27. The summed E-state index contributed by atoms with van der Waals surface area (Å²) in [6, 6.07) is 11.1. The van der Waals surface area contributed by atoms with Crippen LogP contribution in [0.15, 0.2) is 48.5 Å². The zero-order valence-electron chi connectivity index (χ0n) is 15.3. The Morgan fingerprint density at radius 2 is 1.58 bits per heavy atom. The maximum absolute atomic E-state index is 12.8. The van der Waals surface area contributed by atoms with Gasteiger partial charge in [-0.05, 0) is 18.2 Å². The second-order valence-electron chi connectivity index (χ2n) is 6.88. The lowest BCUT2D eigenvalue weighted by molar-refractivity contribution is -0.163. The molecule has 0 fully saturated rings. The van der Waals surface area contributed by atoms with Crippen LogP contribution in [-0.4, -0.2) is 16.2 Å². The molecule has 2 aliphatic heterocycles. The van der Waals surface area contributed by atoms with E-state index in [0.29, 0.717) is 0 Å². The molecule has 9 nitrogen and oxygen atoms in total. The number of esters is 1. The number of hydrogen-bond donors (Lipinski definition) is 2. The maximum atomic E-state index is 12.8. The lowest BCUT2D eigenvalue weighted by Gasteiger charge is -2.36. The van der Waals surface area contributed by atoms with E-state index in [4.69, 9.17) is 9.47 Å². The molecule has 2 aliphatic rings. The quantitative estimate of drug-likeness (QED) is 0.426. The van der Waals surface area contributed by atoms with Crippen LogP contribution in [0.5, 0.6) is 23.0 Å². The van der Waals surface area contributed by atoms with E-state index < -0.39 is 44.0 Å². The summed E-state index contributed by atoms with van der Waals surface area (Å²) in [7, 11) is -7.12. The van der Waals surface area contributed by atoms with Crippen LogP contribution < -0.4 is 25.1 Å². The van der Waals surface area contributed by atoms with E-state index in [-0.39, 0.29) is 39.5 Å². The zero-order valence-corrected chi connectivity index (χ0v) is 17.1. The molecule has 0 saturated carbocycles. The van der Waals surface area contributed by atoms with E-state index in [1.807, 2.05) is 0 Å². The van der Waals surface area contributed by atoms with Crippen molar-refractivity contribution in [2.45, 2.75) is 5.60 Å². The number of rotatable bonds is 2. The molecule has 5 rings (SSSR count). The third-order valence-corrected chi connectivity index (χ3v) is 7.08. The van der Waals surface area contributed by atoms with Gasteiger partial charge in [-0.25, -0.2) is 4.79 Å². The number of phenols is 2. The Labute approximate surface area is 175 Å². The molecule has 0 radical (unpaired) electrons. The number of benzene rings is 3. The fourth-order valence-corrected chi connectivity index (χ4v) is 5.91. The lowest BCUT2D eigenvalue weighted by Crippen LogP contribution is -2.41. The van der Waals surface area contributed by atoms with E-state index in [0.717, 1.165) is 6.07 Å². The highest BCUT2D eigenvalue weighted by Crippen LogP contribution is 2.57. The average molecular weight is 456 g/mol. The Bertz CT molecular complexity index is 1350. The van der Waals surface area contributed by atoms with Gasteiger partial charge in [0.05, 0.1) is 5.56 Å². The van der Waals surface area contributed by atoms with Crippen LogP contribution in [0, 0.1) is 0 Å². The molecule has 0 aliphatic carbocycles. The van der Waals surface area contributed by atoms with Crippen molar-refractivity contribution in [3.8, 4) is 23.0 Å². The Hall–Kier alpha value is -3.35. The maximum Gasteiger partial charge on any atom is 0.357 e. The van der Waals surface area contributed by atoms with Crippen LogP contribution in [0.4, 0.5) is 0 Å². The Balaban J connectivity index is 2.01. The minimum absolute atomic E-state index is 0.0442. The molecule has 0 saturated heterocycles. The van der Waals surface area contributed by atoms with Gasteiger partial charge < -0.3 is 29.5 Å². The van der Waals surface area contributed by atoms with E-state index in [1.54, 1.807) is 18.2 Å². The van der Waals surface area contributed by atoms with Gasteiger partial charge in [-0.3, -0.25) is 0 Å². The van der Waals surface area contributed by atoms with E-state index in [9.17, 15) is 33.9 Å². The van der Waals surface area contributed by atoms with E-state index in [1.165, 1.54) is 24.3 Å². The minimum atomic E-state index is -3.59. The molecule has 2 heterocycles.